The van der Waals surface area contributed by atoms with Crippen LogP contribution in [0.4, 0.5) is 0 Å². The van der Waals surface area contributed by atoms with E-state index in [2.05, 4.69) is 6.92 Å². The molecule has 2 aliphatic rings. The number of hydrogen-bond donors (Lipinski definition) is 1. The van der Waals surface area contributed by atoms with Crippen LogP contribution in [-0.4, -0.2) is 34.8 Å². The topological polar surface area (TPSA) is 66.8 Å². The van der Waals surface area contributed by atoms with Crippen molar-refractivity contribution >= 4 is 28.8 Å². The van der Waals surface area contributed by atoms with E-state index in [1.165, 1.54) is 11.3 Å². The lowest BCUT2D eigenvalue weighted by Crippen LogP contribution is -2.30. The van der Waals surface area contributed by atoms with E-state index in [4.69, 9.17) is 4.74 Å². The van der Waals surface area contributed by atoms with E-state index in [0.717, 1.165) is 48.3 Å². The number of thiophene rings is 1. The number of ketones is 1. The highest BCUT2D eigenvalue weighted by atomic mass is 32.1. The molecule has 1 fully saturated rings. The van der Waals surface area contributed by atoms with Gasteiger partial charge in [0.15, 0.2) is 0 Å². The number of likely N-dealkylation sites (tertiary alicyclic amines) is 1. The first-order chi connectivity index (χ1) is 14.1. The van der Waals surface area contributed by atoms with Crippen LogP contribution in [0, 0.1) is 0 Å². The van der Waals surface area contributed by atoms with E-state index in [9.17, 15) is 14.7 Å². The fourth-order valence-corrected chi connectivity index (χ4v) is 4.89. The standard InChI is InChI=1S/C23H25NO4S/c1-2-3-4-11-24-20(18-8-6-13-29-18)19(22(26)23(24)27)21(25)16-9-10-17-15(14-16)7-5-12-28-17/h6,8-10,13-14,20,25H,2-5,7,11-12H2,1H3/b21-19-. The molecule has 29 heavy (non-hydrogen) atoms. The molecule has 1 aromatic heterocycles. The maximum atomic E-state index is 12.9. The summed E-state index contributed by atoms with van der Waals surface area (Å²) in [6.07, 6.45) is 4.65. The predicted octanol–water partition coefficient (Wildman–Crippen LogP) is 4.69. The van der Waals surface area contributed by atoms with Crippen molar-refractivity contribution in [3.63, 3.8) is 0 Å². The lowest BCUT2D eigenvalue weighted by atomic mass is 9.97. The Morgan fingerprint density at radius 1 is 1.28 bits per heavy atom. The zero-order valence-electron chi connectivity index (χ0n) is 16.5. The lowest BCUT2D eigenvalue weighted by Gasteiger charge is -2.24. The van der Waals surface area contributed by atoms with Crippen molar-refractivity contribution in [1.29, 1.82) is 0 Å². The van der Waals surface area contributed by atoms with Crippen LogP contribution in [0.2, 0.25) is 0 Å². The molecular weight excluding hydrogens is 386 g/mol. The Morgan fingerprint density at radius 3 is 2.90 bits per heavy atom. The van der Waals surface area contributed by atoms with Gasteiger partial charge in [-0.3, -0.25) is 9.59 Å². The van der Waals surface area contributed by atoms with Gasteiger partial charge in [0.05, 0.1) is 18.2 Å². The molecule has 1 saturated heterocycles. The van der Waals surface area contributed by atoms with E-state index in [1.807, 2.05) is 29.6 Å². The molecule has 1 amide bonds. The number of unbranched alkanes of at least 4 members (excludes halogenated alkanes) is 2. The molecule has 152 valence electrons. The van der Waals surface area contributed by atoms with Crippen LogP contribution in [0.25, 0.3) is 5.76 Å². The van der Waals surface area contributed by atoms with E-state index < -0.39 is 17.7 Å². The van der Waals surface area contributed by atoms with Crippen LogP contribution in [0.5, 0.6) is 5.75 Å². The molecule has 0 spiro atoms. The summed E-state index contributed by atoms with van der Waals surface area (Å²) in [5.41, 5.74) is 1.76. The first kappa shape index (κ1) is 19.7. The predicted molar refractivity (Wildman–Crippen MR) is 113 cm³/mol. The average molecular weight is 412 g/mol. The highest BCUT2D eigenvalue weighted by Crippen LogP contribution is 2.41. The average Bonchev–Trinajstić information content (AvgIpc) is 3.35. The van der Waals surface area contributed by atoms with E-state index in [1.54, 1.807) is 11.0 Å². The van der Waals surface area contributed by atoms with E-state index in [0.29, 0.717) is 18.7 Å². The number of fused-ring (bicyclic) bond motifs is 1. The highest BCUT2D eigenvalue weighted by molar-refractivity contribution is 7.10. The number of hydrogen-bond acceptors (Lipinski definition) is 5. The first-order valence-electron chi connectivity index (χ1n) is 10.2. The third-order valence-electron chi connectivity index (χ3n) is 5.54. The second-order valence-electron chi connectivity index (χ2n) is 7.49. The van der Waals surface area contributed by atoms with Crippen LogP contribution in [0.1, 0.15) is 54.7 Å². The van der Waals surface area contributed by atoms with Gasteiger partial charge in [-0.2, -0.15) is 0 Å². The summed E-state index contributed by atoms with van der Waals surface area (Å²) < 4.78 is 5.65. The van der Waals surface area contributed by atoms with Crippen molar-refractivity contribution in [2.75, 3.05) is 13.2 Å². The van der Waals surface area contributed by atoms with Gasteiger partial charge in [-0.25, -0.2) is 0 Å². The molecule has 0 aliphatic carbocycles. The number of nitrogens with zero attached hydrogens (tertiary/aromatic N) is 1. The van der Waals surface area contributed by atoms with Crippen LogP contribution >= 0.6 is 11.3 Å². The summed E-state index contributed by atoms with van der Waals surface area (Å²) in [6, 6.07) is 8.76. The number of amides is 1. The number of aliphatic hydroxyl groups excluding tert-OH is 1. The number of aryl methyl sites for hydroxylation is 1. The number of Topliss-reactive ketones (excluding diaryl/α,β-unsaturated/α-hetero) is 1. The van der Waals surface area contributed by atoms with Gasteiger partial charge in [0.1, 0.15) is 11.5 Å². The fourth-order valence-electron chi connectivity index (χ4n) is 4.05. The highest BCUT2D eigenvalue weighted by Gasteiger charge is 2.46. The smallest absolute Gasteiger partial charge is 0.295 e. The van der Waals surface area contributed by atoms with Crippen molar-refractivity contribution in [2.24, 2.45) is 0 Å². The summed E-state index contributed by atoms with van der Waals surface area (Å²) in [6.45, 7) is 3.31. The van der Waals surface area contributed by atoms with Crippen molar-refractivity contribution in [2.45, 2.75) is 45.1 Å². The van der Waals surface area contributed by atoms with E-state index >= 15 is 0 Å². The minimum Gasteiger partial charge on any atom is -0.507 e. The molecule has 3 heterocycles. The van der Waals surface area contributed by atoms with Crippen molar-refractivity contribution in [1.82, 2.24) is 4.90 Å². The third kappa shape index (κ3) is 3.69. The molecule has 0 bridgehead atoms. The second kappa shape index (κ2) is 8.41. The zero-order chi connectivity index (χ0) is 20.4. The molecule has 2 aliphatic heterocycles. The van der Waals surface area contributed by atoms with Gasteiger partial charge in [-0.15, -0.1) is 11.3 Å². The van der Waals surface area contributed by atoms with Crippen LogP contribution in [-0.2, 0) is 16.0 Å². The Balaban J connectivity index is 1.77. The number of benzene rings is 1. The van der Waals surface area contributed by atoms with Crippen molar-refractivity contribution in [3.8, 4) is 5.75 Å². The minimum atomic E-state index is -0.605. The maximum Gasteiger partial charge on any atom is 0.295 e. The van der Waals surface area contributed by atoms with Crippen LogP contribution in [0.15, 0.2) is 41.3 Å². The monoisotopic (exact) mass is 411 g/mol. The fraction of sp³-hybridized carbons (Fsp3) is 0.391. The van der Waals surface area contributed by atoms with Gasteiger partial charge in [0.2, 0.25) is 0 Å². The molecule has 2 aromatic rings. The number of aliphatic hydroxyl groups is 1. The quantitative estimate of drug-likeness (QED) is 0.324. The summed E-state index contributed by atoms with van der Waals surface area (Å²) in [7, 11) is 0. The van der Waals surface area contributed by atoms with Crippen molar-refractivity contribution in [3.05, 3.63) is 57.3 Å². The molecule has 1 atom stereocenters. The molecule has 5 nitrogen and oxygen atoms in total. The molecule has 0 radical (unpaired) electrons. The summed E-state index contributed by atoms with van der Waals surface area (Å²) >= 11 is 1.50. The van der Waals surface area contributed by atoms with Gasteiger partial charge in [-0.05, 0) is 54.5 Å². The van der Waals surface area contributed by atoms with Gasteiger partial charge in [-0.1, -0.05) is 25.8 Å². The summed E-state index contributed by atoms with van der Waals surface area (Å²) in [5.74, 6) is -0.413. The SMILES string of the molecule is CCCCCN1C(=O)C(=O)/C(=C(\O)c2ccc3c(c2)CCCO3)C1c1cccs1. The van der Waals surface area contributed by atoms with Crippen LogP contribution < -0.4 is 4.74 Å². The van der Waals surface area contributed by atoms with Crippen molar-refractivity contribution < 1.29 is 19.4 Å². The third-order valence-corrected chi connectivity index (χ3v) is 6.46. The van der Waals surface area contributed by atoms with E-state index in [-0.39, 0.29) is 11.3 Å². The summed E-state index contributed by atoms with van der Waals surface area (Å²) in [5, 5.41) is 13.0. The molecular formula is C23H25NO4S. The second-order valence-corrected chi connectivity index (χ2v) is 8.47. The van der Waals surface area contributed by atoms with Gasteiger partial charge < -0.3 is 14.7 Å². The molecule has 6 heteroatoms. The Morgan fingerprint density at radius 2 is 2.14 bits per heavy atom. The van der Waals surface area contributed by atoms with Crippen LogP contribution in [0.3, 0.4) is 0 Å². The Bertz CT molecular complexity index is 948. The Labute approximate surface area is 174 Å². The minimum absolute atomic E-state index is 0.104. The number of rotatable bonds is 6. The number of carbonyl (C=O) groups is 2. The van der Waals surface area contributed by atoms with Gasteiger partial charge >= 0.3 is 0 Å². The molecule has 0 saturated carbocycles. The molecule has 1 N–H and O–H groups in total. The largest absolute Gasteiger partial charge is 0.507 e. The molecule has 1 unspecified atom stereocenters. The Kier molecular flexibility index (Phi) is 5.72. The van der Waals surface area contributed by atoms with Gasteiger partial charge in [0, 0.05) is 17.0 Å². The maximum absolute atomic E-state index is 12.9. The first-order valence-corrected chi connectivity index (χ1v) is 11.1. The van der Waals surface area contributed by atoms with Gasteiger partial charge in [0.25, 0.3) is 11.7 Å². The molecule has 1 aromatic carbocycles. The lowest BCUT2D eigenvalue weighted by molar-refractivity contribution is -0.139. The summed E-state index contributed by atoms with van der Waals surface area (Å²) in [4.78, 5) is 28.2. The Hall–Kier alpha value is -2.60. The number of ether oxygens (including phenoxy) is 1. The zero-order valence-corrected chi connectivity index (χ0v) is 17.3. The normalized spacial score (nSPS) is 20.6. The number of carbonyl (C=O) groups excluding carboxylic acids is 2. The molecule has 4 rings (SSSR count).